The lowest BCUT2D eigenvalue weighted by Gasteiger charge is -2.39. The largest absolute Gasteiger partial charge is 0.359 e. The first-order chi connectivity index (χ1) is 20.6. The van der Waals surface area contributed by atoms with E-state index < -0.39 is 29.6 Å². The van der Waals surface area contributed by atoms with Crippen LogP contribution in [0.1, 0.15) is 52.0 Å². The van der Waals surface area contributed by atoms with Crippen LogP contribution in [0.4, 0.5) is 5.69 Å². The SMILES string of the molecule is CC1CCCC(NC(=O)C2N(C(C)CCc3ccccc3)C(=O)[C@@H]3C(C(=O)Nc4cc(Cl)cc(Cl)c4)[C@@H]4C=CC23O4)C1C. The molecule has 1 spiro atoms. The Labute approximate surface area is 263 Å². The van der Waals surface area contributed by atoms with Crippen LogP contribution in [0.5, 0.6) is 0 Å². The second-order valence-electron chi connectivity index (χ2n) is 12.8. The number of benzene rings is 2. The first kappa shape index (κ1) is 30.2. The van der Waals surface area contributed by atoms with E-state index in [1.807, 2.05) is 37.3 Å². The molecule has 6 rings (SSSR count). The van der Waals surface area contributed by atoms with E-state index in [-0.39, 0.29) is 29.8 Å². The van der Waals surface area contributed by atoms with Gasteiger partial charge in [0.1, 0.15) is 11.6 Å². The second-order valence-corrected chi connectivity index (χ2v) is 13.7. The third kappa shape index (κ3) is 5.49. The van der Waals surface area contributed by atoms with Crippen LogP contribution in [0, 0.1) is 23.7 Å². The zero-order chi connectivity index (χ0) is 30.5. The molecule has 0 aromatic heterocycles. The van der Waals surface area contributed by atoms with Crippen molar-refractivity contribution >= 4 is 46.6 Å². The number of nitrogens with zero attached hydrogens (tertiary/aromatic N) is 1. The second kappa shape index (κ2) is 11.9. The topological polar surface area (TPSA) is 87.7 Å². The minimum Gasteiger partial charge on any atom is -0.359 e. The van der Waals surface area contributed by atoms with Crippen molar-refractivity contribution in [3.63, 3.8) is 0 Å². The van der Waals surface area contributed by atoms with E-state index in [0.717, 1.165) is 25.7 Å². The number of rotatable bonds is 8. The van der Waals surface area contributed by atoms with Gasteiger partial charge in [0.05, 0.1) is 17.9 Å². The number of anilines is 1. The molecular formula is C34H39Cl2N3O4. The maximum absolute atomic E-state index is 14.4. The van der Waals surface area contributed by atoms with Gasteiger partial charge in [-0.3, -0.25) is 14.4 Å². The van der Waals surface area contributed by atoms with Crippen LogP contribution >= 0.6 is 23.2 Å². The van der Waals surface area contributed by atoms with Crippen molar-refractivity contribution in [1.82, 2.24) is 10.2 Å². The van der Waals surface area contributed by atoms with Gasteiger partial charge in [-0.1, -0.05) is 92.4 Å². The molecule has 1 saturated carbocycles. The molecule has 9 atom stereocenters. The summed E-state index contributed by atoms with van der Waals surface area (Å²) in [6, 6.07) is 13.8. The highest BCUT2D eigenvalue weighted by Gasteiger charge is 2.73. The first-order valence-corrected chi connectivity index (χ1v) is 16.1. The Morgan fingerprint density at radius 2 is 1.79 bits per heavy atom. The number of fused-ring (bicyclic) bond motifs is 1. The molecule has 9 heteroatoms. The summed E-state index contributed by atoms with van der Waals surface area (Å²) < 4.78 is 6.54. The van der Waals surface area contributed by atoms with E-state index >= 15 is 0 Å². The fraction of sp³-hybridized carbons (Fsp3) is 0.500. The average molecular weight is 625 g/mol. The number of hydrogen-bond acceptors (Lipinski definition) is 4. The van der Waals surface area contributed by atoms with Crippen LogP contribution in [0.2, 0.25) is 10.0 Å². The molecule has 43 heavy (non-hydrogen) atoms. The molecule has 4 aliphatic rings. The third-order valence-corrected chi connectivity index (χ3v) is 10.6. The highest BCUT2D eigenvalue weighted by atomic mass is 35.5. The van der Waals surface area contributed by atoms with Crippen LogP contribution < -0.4 is 10.6 Å². The van der Waals surface area contributed by atoms with Crippen molar-refractivity contribution in [2.24, 2.45) is 23.7 Å². The lowest BCUT2D eigenvalue weighted by Crippen LogP contribution is -2.59. The summed E-state index contributed by atoms with van der Waals surface area (Å²) in [5.41, 5.74) is 0.390. The summed E-state index contributed by atoms with van der Waals surface area (Å²) in [6.45, 7) is 6.41. The molecule has 7 unspecified atom stereocenters. The summed E-state index contributed by atoms with van der Waals surface area (Å²) in [6.07, 6.45) is 7.62. The molecule has 3 heterocycles. The third-order valence-electron chi connectivity index (χ3n) is 10.2. The molecule has 228 valence electrons. The summed E-state index contributed by atoms with van der Waals surface area (Å²) in [5.74, 6) is -1.58. The molecule has 2 saturated heterocycles. The van der Waals surface area contributed by atoms with Gasteiger partial charge in [-0.05, 0) is 61.8 Å². The zero-order valence-corrected chi connectivity index (χ0v) is 26.3. The molecule has 3 aliphatic heterocycles. The normalized spacial score (nSPS) is 33.4. The Kier molecular flexibility index (Phi) is 8.35. The molecule has 1 aliphatic carbocycles. The fourth-order valence-corrected chi connectivity index (χ4v) is 8.27. The van der Waals surface area contributed by atoms with Crippen molar-refractivity contribution in [1.29, 1.82) is 0 Å². The number of amides is 3. The molecule has 2 N–H and O–H groups in total. The molecule has 0 radical (unpaired) electrons. The van der Waals surface area contributed by atoms with Gasteiger partial charge in [-0.15, -0.1) is 0 Å². The Morgan fingerprint density at radius 1 is 1.07 bits per heavy atom. The number of carbonyl (C=O) groups excluding carboxylic acids is 3. The molecular weight excluding hydrogens is 585 g/mol. The van der Waals surface area contributed by atoms with Gasteiger partial charge in [0.25, 0.3) is 0 Å². The van der Waals surface area contributed by atoms with Gasteiger partial charge < -0.3 is 20.3 Å². The summed E-state index contributed by atoms with van der Waals surface area (Å²) in [5, 5.41) is 7.01. The molecule has 2 bridgehead atoms. The maximum atomic E-state index is 14.4. The molecule has 7 nitrogen and oxygen atoms in total. The predicted molar refractivity (Wildman–Crippen MR) is 168 cm³/mol. The van der Waals surface area contributed by atoms with Crippen LogP contribution in [0.25, 0.3) is 0 Å². The zero-order valence-electron chi connectivity index (χ0n) is 24.8. The van der Waals surface area contributed by atoms with Crippen LogP contribution in [-0.4, -0.2) is 52.5 Å². The lowest BCUT2D eigenvalue weighted by atomic mass is 9.73. The van der Waals surface area contributed by atoms with Crippen molar-refractivity contribution in [3.8, 4) is 0 Å². The van der Waals surface area contributed by atoms with Gasteiger partial charge in [0.2, 0.25) is 17.7 Å². The molecule has 2 aromatic carbocycles. The minimum atomic E-state index is -1.22. The number of likely N-dealkylation sites (tertiary alicyclic amines) is 1. The Bertz CT molecular complexity index is 1410. The predicted octanol–water partition coefficient (Wildman–Crippen LogP) is 6.04. The van der Waals surface area contributed by atoms with Crippen LogP contribution in [0.3, 0.4) is 0 Å². The minimum absolute atomic E-state index is 0.0255. The van der Waals surface area contributed by atoms with Gasteiger partial charge in [-0.2, -0.15) is 0 Å². The standard InChI is InChI=1S/C34H39Cl2N3O4/c1-19-8-7-11-26(21(19)3)38-32(41)30-34-15-14-27(43-34)28(31(40)37-25-17-23(35)16-24(36)18-25)29(34)33(42)39(30)20(2)12-13-22-9-5-4-6-10-22/h4-6,9-10,14-21,26-30H,7-8,11-13H2,1-3H3,(H,37,40)(H,38,41)/t19?,20?,21?,26?,27-,28?,29-,30?,34?/m0/s1. The maximum Gasteiger partial charge on any atom is 0.246 e. The van der Waals surface area contributed by atoms with Gasteiger partial charge in [-0.25, -0.2) is 0 Å². The number of halogens is 2. The Morgan fingerprint density at radius 3 is 2.51 bits per heavy atom. The molecule has 3 amide bonds. The van der Waals surface area contributed by atoms with E-state index in [2.05, 4.69) is 36.6 Å². The summed E-state index contributed by atoms with van der Waals surface area (Å²) >= 11 is 12.3. The Balaban J connectivity index is 1.30. The highest BCUT2D eigenvalue weighted by molar-refractivity contribution is 6.35. The van der Waals surface area contributed by atoms with E-state index in [1.54, 1.807) is 23.1 Å². The van der Waals surface area contributed by atoms with E-state index in [1.165, 1.54) is 5.56 Å². The smallest absolute Gasteiger partial charge is 0.246 e. The number of nitrogens with one attached hydrogen (secondary N) is 2. The summed E-state index contributed by atoms with van der Waals surface area (Å²) in [4.78, 5) is 44.3. The number of hydrogen-bond donors (Lipinski definition) is 2. The van der Waals surface area contributed by atoms with Gasteiger partial charge in [0, 0.05) is 27.8 Å². The highest BCUT2D eigenvalue weighted by Crippen LogP contribution is 2.56. The van der Waals surface area contributed by atoms with E-state index in [9.17, 15) is 14.4 Å². The molecule has 3 fully saturated rings. The van der Waals surface area contributed by atoms with Gasteiger partial charge >= 0.3 is 0 Å². The van der Waals surface area contributed by atoms with Crippen molar-refractivity contribution in [2.75, 3.05) is 5.32 Å². The van der Waals surface area contributed by atoms with Crippen molar-refractivity contribution in [2.45, 2.75) is 82.7 Å². The van der Waals surface area contributed by atoms with Crippen LogP contribution in [0.15, 0.2) is 60.7 Å². The van der Waals surface area contributed by atoms with Crippen molar-refractivity contribution < 1.29 is 19.1 Å². The number of ether oxygens (including phenoxy) is 1. The Hall–Kier alpha value is -2.87. The van der Waals surface area contributed by atoms with Crippen molar-refractivity contribution in [3.05, 3.63) is 76.3 Å². The fourth-order valence-electron chi connectivity index (χ4n) is 7.74. The quantitative estimate of drug-likeness (QED) is 0.351. The van der Waals surface area contributed by atoms with E-state index in [0.29, 0.717) is 34.0 Å². The summed E-state index contributed by atoms with van der Waals surface area (Å²) in [7, 11) is 0. The number of aryl methyl sites for hydroxylation is 1. The monoisotopic (exact) mass is 623 g/mol. The first-order valence-electron chi connectivity index (χ1n) is 15.4. The molecule has 2 aromatic rings. The average Bonchev–Trinajstić information content (AvgIpc) is 3.61. The van der Waals surface area contributed by atoms with E-state index in [4.69, 9.17) is 27.9 Å². The van der Waals surface area contributed by atoms with Crippen LogP contribution in [-0.2, 0) is 25.5 Å². The number of carbonyl (C=O) groups is 3. The lowest BCUT2D eigenvalue weighted by molar-refractivity contribution is -0.144. The van der Waals surface area contributed by atoms with Gasteiger partial charge in [0.15, 0.2) is 0 Å².